The third-order valence-electron chi connectivity index (χ3n) is 3.50. The summed E-state index contributed by atoms with van der Waals surface area (Å²) in [7, 11) is 0. The molecule has 0 aromatic carbocycles. The van der Waals surface area contributed by atoms with Crippen molar-refractivity contribution >= 4 is 17.5 Å². The molecular formula is C16H15N5O4. The zero-order valence-corrected chi connectivity index (χ0v) is 13.4. The highest BCUT2D eigenvalue weighted by atomic mass is 16.6. The van der Waals surface area contributed by atoms with Crippen LogP contribution >= 0.6 is 0 Å². The highest BCUT2D eigenvalue weighted by Crippen LogP contribution is 2.14. The third kappa shape index (κ3) is 3.71. The van der Waals surface area contributed by atoms with Gasteiger partial charge in [-0.25, -0.2) is 0 Å². The van der Waals surface area contributed by atoms with Gasteiger partial charge in [0.15, 0.2) is 0 Å². The molecular weight excluding hydrogens is 326 g/mol. The van der Waals surface area contributed by atoms with E-state index in [0.717, 1.165) is 0 Å². The summed E-state index contributed by atoms with van der Waals surface area (Å²) in [5.41, 5.74) is 0.430. The van der Waals surface area contributed by atoms with Crippen LogP contribution < -0.4 is 0 Å². The smallest absolute Gasteiger partial charge is 0.307 e. The molecule has 0 unspecified atom stereocenters. The van der Waals surface area contributed by atoms with Gasteiger partial charge in [0.05, 0.1) is 11.5 Å². The Morgan fingerprint density at radius 3 is 2.92 bits per heavy atom. The van der Waals surface area contributed by atoms with Gasteiger partial charge >= 0.3 is 5.69 Å². The van der Waals surface area contributed by atoms with Gasteiger partial charge in [0.25, 0.3) is 0 Å². The Morgan fingerprint density at radius 1 is 1.36 bits per heavy atom. The van der Waals surface area contributed by atoms with Crippen molar-refractivity contribution in [2.24, 2.45) is 0 Å². The number of ketones is 1. The first-order valence-electron chi connectivity index (χ1n) is 7.56. The van der Waals surface area contributed by atoms with Crippen LogP contribution in [0.4, 0.5) is 5.69 Å². The van der Waals surface area contributed by atoms with Crippen molar-refractivity contribution in [3.8, 4) is 0 Å². The van der Waals surface area contributed by atoms with E-state index in [9.17, 15) is 14.9 Å². The number of nitro groups is 1. The van der Waals surface area contributed by atoms with E-state index < -0.39 is 4.92 Å². The van der Waals surface area contributed by atoms with Crippen LogP contribution in [0.2, 0.25) is 0 Å². The van der Waals surface area contributed by atoms with E-state index in [2.05, 4.69) is 10.2 Å². The first kappa shape index (κ1) is 16.4. The molecule has 3 rings (SSSR count). The second-order valence-electron chi connectivity index (χ2n) is 5.19. The Balaban J connectivity index is 1.66. The molecule has 3 aromatic heterocycles. The first-order valence-corrected chi connectivity index (χ1v) is 7.56. The molecule has 0 atom stereocenters. The van der Waals surface area contributed by atoms with E-state index >= 15 is 0 Å². The largest absolute Gasteiger partial charge is 0.460 e. The lowest BCUT2D eigenvalue weighted by Gasteiger charge is -1.99. The predicted molar refractivity (Wildman–Crippen MR) is 88.0 cm³/mol. The highest BCUT2D eigenvalue weighted by molar-refractivity contribution is 6.05. The van der Waals surface area contributed by atoms with Crippen molar-refractivity contribution in [2.45, 2.75) is 20.0 Å². The lowest BCUT2D eigenvalue weighted by atomic mass is 10.2. The summed E-state index contributed by atoms with van der Waals surface area (Å²) in [5, 5.41) is 18.6. The summed E-state index contributed by atoms with van der Waals surface area (Å²) >= 11 is 0. The van der Waals surface area contributed by atoms with Crippen LogP contribution in [0.1, 0.15) is 28.9 Å². The zero-order chi connectivity index (χ0) is 17.8. The minimum atomic E-state index is -0.508. The maximum Gasteiger partial charge on any atom is 0.307 e. The van der Waals surface area contributed by atoms with Gasteiger partial charge in [0.2, 0.25) is 5.78 Å². The highest BCUT2D eigenvalue weighted by Gasteiger charge is 2.11. The Bertz CT molecular complexity index is 934. The fourth-order valence-electron chi connectivity index (χ4n) is 2.30. The molecule has 0 bridgehead atoms. The third-order valence-corrected chi connectivity index (χ3v) is 3.50. The number of aromatic nitrogens is 4. The van der Waals surface area contributed by atoms with E-state index in [1.165, 1.54) is 23.2 Å². The fraction of sp³-hybridized carbons (Fsp3) is 0.188. The molecule has 0 saturated carbocycles. The van der Waals surface area contributed by atoms with Gasteiger partial charge in [-0.05, 0) is 37.3 Å². The maximum atomic E-state index is 12.2. The van der Waals surface area contributed by atoms with Crippen LogP contribution in [-0.4, -0.2) is 30.3 Å². The molecule has 3 heterocycles. The Labute approximate surface area is 142 Å². The first-order chi connectivity index (χ1) is 12.1. The lowest BCUT2D eigenvalue weighted by molar-refractivity contribution is -0.385. The number of aryl methyl sites for hydroxylation is 1. The molecule has 0 radical (unpaired) electrons. The quantitative estimate of drug-likeness (QED) is 0.283. The summed E-state index contributed by atoms with van der Waals surface area (Å²) in [5.74, 6) is 0.913. The van der Waals surface area contributed by atoms with Crippen LogP contribution in [0.5, 0.6) is 0 Å². The molecule has 0 aliphatic carbocycles. The summed E-state index contributed by atoms with van der Waals surface area (Å²) in [6.45, 7) is 2.78. The van der Waals surface area contributed by atoms with Crippen LogP contribution in [0.15, 0.2) is 47.3 Å². The number of hydrogen-bond donors (Lipinski definition) is 0. The van der Waals surface area contributed by atoms with Crippen LogP contribution in [0.25, 0.3) is 6.08 Å². The molecule has 0 aliphatic rings. The second kappa shape index (κ2) is 6.95. The van der Waals surface area contributed by atoms with E-state index in [0.29, 0.717) is 23.8 Å². The van der Waals surface area contributed by atoms with Gasteiger partial charge in [-0.15, -0.1) is 0 Å². The Kier molecular flexibility index (Phi) is 4.55. The summed E-state index contributed by atoms with van der Waals surface area (Å²) in [4.78, 5) is 22.3. The molecule has 128 valence electrons. The van der Waals surface area contributed by atoms with Crippen molar-refractivity contribution < 1.29 is 14.1 Å². The van der Waals surface area contributed by atoms with Gasteiger partial charge < -0.3 is 4.42 Å². The molecule has 9 nitrogen and oxygen atoms in total. The topological polar surface area (TPSA) is 109 Å². The van der Waals surface area contributed by atoms with Crippen molar-refractivity contribution in [2.75, 3.05) is 0 Å². The Hall–Kier alpha value is -3.49. The molecule has 0 amide bonds. The molecule has 9 heteroatoms. The van der Waals surface area contributed by atoms with Gasteiger partial charge in [-0.1, -0.05) is 0 Å². The summed E-state index contributed by atoms with van der Waals surface area (Å²) in [6, 6.07) is 5.11. The average molecular weight is 341 g/mol. The van der Waals surface area contributed by atoms with Gasteiger partial charge in [-0.3, -0.25) is 24.3 Å². The molecule has 0 aliphatic heterocycles. The number of nitrogens with zero attached hydrogens (tertiary/aromatic N) is 5. The molecule has 0 N–H and O–H groups in total. The SMILES string of the molecule is CCn1nccc1C(=O)/C=C/c1ccc(Cn2cc([N+](=O)[O-])cn2)o1. The number of rotatable bonds is 7. The van der Waals surface area contributed by atoms with Gasteiger partial charge in [0, 0.05) is 12.7 Å². The molecule has 0 saturated heterocycles. The van der Waals surface area contributed by atoms with Crippen LogP contribution in [0.3, 0.4) is 0 Å². The second-order valence-corrected chi connectivity index (χ2v) is 5.19. The average Bonchev–Trinajstić information content (AvgIpc) is 3.33. The number of carbonyl (C=O) groups excluding carboxylic acids is 1. The number of hydrogen-bond acceptors (Lipinski definition) is 6. The van der Waals surface area contributed by atoms with Crippen LogP contribution in [-0.2, 0) is 13.1 Å². The van der Waals surface area contributed by atoms with Crippen molar-refractivity contribution in [1.82, 2.24) is 19.6 Å². The maximum absolute atomic E-state index is 12.2. The fourth-order valence-corrected chi connectivity index (χ4v) is 2.30. The van der Waals surface area contributed by atoms with Gasteiger partial charge in [-0.2, -0.15) is 10.2 Å². The molecule has 0 fully saturated rings. The summed E-state index contributed by atoms with van der Waals surface area (Å²) in [6.07, 6.45) is 7.08. The minimum Gasteiger partial charge on any atom is -0.460 e. The van der Waals surface area contributed by atoms with Gasteiger partial charge in [0.1, 0.15) is 29.6 Å². The monoisotopic (exact) mass is 341 g/mol. The van der Waals surface area contributed by atoms with E-state index in [1.807, 2.05) is 6.92 Å². The van der Waals surface area contributed by atoms with E-state index in [-0.39, 0.29) is 18.0 Å². The summed E-state index contributed by atoms with van der Waals surface area (Å²) < 4.78 is 8.62. The predicted octanol–water partition coefficient (Wildman–Crippen LogP) is 2.55. The lowest BCUT2D eigenvalue weighted by Crippen LogP contribution is -2.07. The minimum absolute atomic E-state index is 0.0789. The Morgan fingerprint density at radius 2 is 2.20 bits per heavy atom. The number of furan rings is 1. The van der Waals surface area contributed by atoms with E-state index in [4.69, 9.17) is 4.42 Å². The number of carbonyl (C=O) groups is 1. The zero-order valence-electron chi connectivity index (χ0n) is 13.4. The standard InChI is InChI=1S/C16H15N5O4/c1-2-20-15(7-8-17-20)16(22)6-5-13-3-4-14(25-13)11-19-10-12(9-18-19)21(23)24/h3-10H,2,11H2,1H3/b6-5+. The van der Waals surface area contributed by atoms with E-state index in [1.54, 1.807) is 35.2 Å². The van der Waals surface area contributed by atoms with Crippen LogP contribution in [0, 0.1) is 10.1 Å². The van der Waals surface area contributed by atoms with Crippen molar-refractivity contribution in [1.29, 1.82) is 0 Å². The van der Waals surface area contributed by atoms with Crippen molar-refractivity contribution in [3.63, 3.8) is 0 Å². The number of allylic oxidation sites excluding steroid dienone is 1. The normalized spacial score (nSPS) is 11.2. The molecule has 0 spiro atoms. The molecule has 25 heavy (non-hydrogen) atoms. The van der Waals surface area contributed by atoms with Crippen molar-refractivity contribution in [3.05, 3.63) is 70.2 Å². The molecule has 3 aromatic rings.